The van der Waals surface area contributed by atoms with Crippen LogP contribution in [0.25, 0.3) is 0 Å². The van der Waals surface area contributed by atoms with Gasteiger partial charge in [-0.3, -0.25) is 19.8 Å². The van der Waals surface area contributed by atoms with Gasteiger partial charge in [0, 0.05) is 12.1 Å². The number of hydrogen-bond acceptors (Lipinski definition) is 5. The number of anilines is 1. The maximum atomic E-state index is 12.5. The number of nitro groups is 1. The largest absolute Gasteiger partial charge is 0.480 e. The second kappa shape index (κ2) is 5.63. The van der Waals surface area contributed by atoms with Crippen molar-refractivity contribution in [2.45, 2.75) is 32.9 Å². The molecule has 0 saturated carbocycles. The molecule has 1 aliphatic heterocycles. The fourth-order valence-corrected chi connectivity index (χ4v) is 2.28. The lowest BCUT2D eigenvalue weighted by molar-refractivity contribution is -0.384. The summed E-state index contributed by atoms with van der Waals surface area (Å²) in [4.78, 5) is 35.1. The Morgan fingerprint density at radius 1 is 1.41 bits per heavy atom. The Hall–Kier alpha value is -2.64. The normalized spacial score (nSPS) is 18.6. The first kappa shape index (κ1) is 15.7. The van der Waals surface area contributed by atoms with Gasteiger partial charge in [0.05, 0.1) is 10.6 Å². The summed E-state index contributed by atoms with van der Waals surface area (Å²) >= 11 is 0. The van der Waals surface area contributed by atoms with E-state index in [0.717, 1.165) is 11.0 Å². The number of carbonyl (C=O) groups is 2. The second-order valence-electron chi connectivity index (χ2n) is 5.41. The number of nitrogens with zero attached hydrogens (tertiary/aromatic N) is 2. The van der Waals surface area contributed by atoms with Gasteiger partial charge in [-0.2, -0.15) is 0 Å². The number of nitro benzene ring substituents is 1. The molecule has 1 amide bonds. The fourth-order valence-electron chi connectivity index (χ4n) is 2.28. The summed E-state index contributed by atoms with van der Waals surface area (Å²) in [6.07, 6.45) is -0.823. The van der Waals surface area contributed by atoms with Crippen LogP contribution in [-0.4, -0.2) is 34.1 Å². The minimum Gasteiger partial charge on any atom is -0.480 e. The zero-order valence-electron chi connectivity index (χ0n) is 12.3. The first-order chi connectivity index (χ1) is 10.2. The molecule has 2 unspecified atom stereocenters. The van der Waals surface area contributed by atoms with Crippen molar-refractivity contribution in [3.8, 4) is 5.75 Å². The Morgan fingerprint density at radius 2 is 2.05 bits per heavy atom. The van der Waals surface area contributed by atoms with Crippen LogP contribution in [0.15, 0.2) is 18.2 Å². The third-order valence-electron chi connectivity index (χ3n) is 3.50. The van der Waals surface area contributed by atoms with Crippen LogP contribution >= 0.6 is 0 Å². The number of carboxylic acid groups (broad SMARTS) is 1. The predicted octanol–water partition coefficient (Wildman–Crippen LogP) is 1.82. The number of carbonyl (C=O) groups excluding carboxylic acids is 1. The highest BCUT2D eigenvalue weighted by Gasteiger charge is 2.41. The molecular formula is C14H16N2O6. The van der Waals surface area contributed by atoms with Gasteiger partial charge >= 0.3 is 5.97 Å². The molecule has 22 heavy (non-hydrogen) atoms. The van der Waals surface area contributed by atoms with Crippen molar-refractivity contribution >= 4 is 23.3 Å². The van der Waals surface area contributed by atoms with Gasteiger partial charge in [-0.15, -0.1) is 0 Å². The molecule has 8 heteroatoms. The Balaban J connectivity index is 2.59. The van der Waals surface area contributed by atoms with Gasteiger partial charge in [-0.1, -0.05) is 13.8 Å². The van der Waals surface area contributed by atoms with E-state index in [0.29, 0.717) is 0 Å². The number of aliphatic carboxylic acids is 1. The number of rotatable bonds is 4. The SMILES string of the molecule is CC(C)C1Oc2ccc([N+](=O)[O-])cc2N(C(C)C(=O)O)C1=O. The Kier molecular flexibility index (Phi) is 4.03. The van der Waals surface area contributed by atoms with Crippen molar-refractivity contribution in [3.05, 3.63) is 28.3 Å². The first-order valence-corrected chi connectivity index (χ1v) is 6.75. The van der Waals surface area contributed by atoms with E-state index in [1.54, 1.807) is 13.8 Å². The fraction of sp³-hybridized carbons (Fsp3) is 0.429. The van der Waals surface area contributed by atoms with Gasteiger partial charge in [-0.25, -0.2) is 4.79 Å². The lowest BCUT2D eigenvalue weighted by atomic mass is 10.0. The van der Waals surface area contributed by atoms with Crippen molar-refractivity contribution in [2.24, 2.45) is 5.92 Å². The molecule has 0 aliphatic carbocycles. The standard InChI is InChI=1S/C14H16N2O6/c1-7(2)12-13(17)15(8(3)14(18)19)10-6-9(16(20)21)4-5-11(10)22-12/h4-8,12H,1-3H3,(H,18,19). The summed E-state index contributed by atoms with van der Waals surface area (Å²) < 4.78 is 5.59. The molecule has 118 valence electrons. The molecule has 2 rings (SSSR count). The zero-order valence-corrected chi connectivity index (χ0v) is 12.3. The van der Waals surface area contributed by atoms with Gasteiger partial charge in [0.25, 0.3) is 11.6 Å². The molecule has 8 nitrogen and oxygen atoms in total. The zero-order chi connectivity index (χ0) is 16.6. The van der Waals surface area contributed by atoms with Gasteiger partial charge < -0.3 is 9.84 Å². The van der Waals surface area contributed by atoms with Crippen molar-refractivity contribution in [1.29, 1.82) is 0 Å². The van der Waals surface area contributed by atoms with E-state index < -0.39 is 28.9 Å². The molecule has 1 heterocycles. The average molecular weight is 308 g/mol. The van der Waals surface area contributed by atoms with Crippen LogP contribution in [-0.2, 0) is 9.59 Å². The molecule has 0 fully saturated rings. The highest BCUT2D eigenvalue weighted by Crippen LogP contribution is 2.39. The number of hydrogen-bond donors (Lipinski definition) is 1. The number of non-ortho nitro benzene ring substituents is 1. The van der Waals surface area contributed by atoms with Crippen LogP contribution in [0.2, 0.25) is 0 Å². The van der Waals surface area contributed by atoms with E-state index in [2.05, 4.69) is 0 Å². The maximum Gasteiger partial charge on any atom is 0.326 e. The predicted molar refractivity (Wildman–Crippen MR) is 76.9 cm³/mol. The number of amides is 1. The quantitative estimate of drug-likeness (QED) is 0.671. The van der Waals surface area contributed by atoms with E-state index in [-0.39, 0.29) is 23.0 Å². The van der Waals surface area contributed by atoms with Crippen molar-refractivity contribution < 1.29 is 24.4 Å². The van der Waals surface area contributed by atoms with Crippen molar-refractivity contribution in [3.63, 3.8) is 0 Å². The van der Waals surface area contributed by atoms with Gasteiger partial charge in [0.15, 0.2) is 6.10 Å². The summed E-state index contributed by atoms with van der Waals surface area (Å²) in [5.74, 6) is -1.62. The maximum absolute atomic E-state index is 12.5. The van der Waals surface area contributed by atoms with E-state index in [9.17, 15) is 24.8 Å². The van der Waals surface area contributed by atoms with E-state index in [4.69, 9.17) is 4.74 Å². The van der Waals surface area contributed by atoms with Gasteiger partial charge in [-0.05, 0) is 18.9 Å². The third kappa shape index (κ3) is 2.59. The summed E-state index contributed by atoms with van der Waals surface area (Å²) in [6, 6.07) is 2.65. The van der Waals surface area contributed by atoms with E-state index in [1.807, 2.05) is 0 Å². The van der Waals surface area contributed by atoms with E-state index in [1.165, 1.54) is 19.1 Å². The Morgan fingerprint density at radius 3 is 2.55 bits per heavy atom. The Labute approximate surface area is 126 Å². The Bertz CT molecular complexity index is 642. The number of ether oxygens (including phenoxy) is 1. The topological polar surface area (TPSA) is 110 Å². The summed E-state index contributed by atoms with van der Waals surface area (Å²) in [6.45, 7) is 4.91. The molecule has 0 radical (unpaired) electrons. The molecule has 1 aromatic carbocycles. The number of benzene rings is 1. The third-order valence-corrected chi connectivity index (χ3v) is 3.50. The molecule has 0 bridgehead atoms. The molecule has 0 saturated heterocycles. The first-order valence-electron chi connectivity index (χ1n) is 6.75. The average Bonchev–Trinajstić information content (AvgIpc) is 2.44. The lowest BCUT2D eigenvalue weighted by Crippen LogP contribution is -2.54. The molecule has 1 aliphatic rings. The molecule has 1 N–H and O–H groups in total. The van der Waals surface area contributed by atoms with Gasteiger partial charge in [0.2, 0.25) is 0 Å². The smallest absolute Gasteiger partial charge is 0.326 e. The minimum absolute atomic E-state index is 0.103. The van der Waals surface area contributed by atoms with Crippen LogP contribution in [0.4, 0.5) is 11.4 Å². The van der Waals surface area contributed by atoms with E-state index >= 15 is 0 Å². The summed E-state index contributed by atoms with van der Waals surface area (Å²) in [5.41, 5.74) is -0.133. The van der Waals surface area contributed by atoms with Crippen LogP contribution in [0, 0.1) is 16.0 Å². The monoisotopic (exact) mass is 308 g/mol. The summed E-state index contributed by atoms with van der Waals surface area (Å²) in [5, 5.41) is 20.1. The number of carboxylic acids is 1. The second-order valence-corrected chi connectivity index (χ2v) is 5.41. The van der Waals surface area contributed by atoms with Crippen LogP contribution in [0.5, 0.6) is 5.75 Å². The number of fused-ring (bicyclic) bond motifs is 1. The molecular weight excluding hydrogens is 292 g/mol. The molecule has 0 aromatic heterocycles. The van der Waals surface area contributed by atoms with Crippen molar-refractivity contribution in [2.75, 3.05) is 4.90 Å². The summed E-state index contributed by atoms with van der Waals surface area (Å²) in [7, 11) is 0. The van der Waals surface area contributed by atoms with Crippen molar-refractivity contribution in [1.82, 2.24) is 0 Å². The molecule has 2 atom stereocenters. The van der Waals surface area contributed by atoms with Crippen LogP contribution in [0.1, 0.15) is 20.8 Å². The van der Waals surface area contributed by atoms with Gasteiger partial charge in [0.1, 0.15) is 11.8 Å². The van der Waals surface area contributed by atoms with Crippen LogP contribution < -0.4 is 9.64 Å². The lowest BCUT2D eigenvalue weighted by Gasteiger charge is -2.37. The highest BCUT2D eigenvalue weighted by molar-refractivity contribution is 6.04. The highest BCUT2D eigenvalue weighted by atomic mass is 16.6. The minimum atomic E-state index is -1.20. The van der Waals surface area contributed by atoms with Crippen LogP contribution in [0.3, 0.4) is 0 Å². The molecule has 0 spiro atoms. The molecule has 1 aromatic rings.